The predicted octanol–water partition coefficient (Wildman–Crippen LogP) is 1.46. The molecule has 3 atom stereocenters. The third kappa shape index (κ3) is 2.00. The van der Waals surface area contributed by atoms with Gasteiger partial charge in [0.05, 0.1) is 18.8 Å². The first-order chi connectivity index (χ1) is 6.61. The van der Waals surface area contributed by atoms with Crippen molar-refractivity contribution in [2.75, 3.05) is 6.61 Å². The van der Waals surface area contributed by atoms with Crippen LogP contribution in [0.2, 0.25) is 0 Å². The van der Waals surface area contributed by atoms with Gasteiger partial charge in [-0.1, -0.05) is 12.2 Å². The van der Waals surface area contributed by atoms with Crippen molar-refractivity contribution in [1.29, 1.82) is 0 Å². The van der Waals surface area contributed by atoms with Crippen LogP contribution in [0, 0.1) is 5.92 Å². The van der Waals surface area contributed by atoms with Crippen LogP contribution < -0.4 is 0 Å². The summed E-state index contributed by atoms with van der Waals surface area (Å²) in [6, 6.07) is 0. The van der Waals surface area contributed by atoms with Gasteiger partial charge in [0, 0.05) is 0 Å². The van der Waals surface area contributed by atoms with Crippen LogP contribution in [-0.2, 0) is 9.47 Å². The van der Waals surface area contributed by atoms with E-state index >= 15 is 0 Å². The Bertz CT molecular complexity index is 219. The largest absolute Gasteiger partial charge is 0.392 e. The van der Waals surface area contributed by atoms with Gasteiger partial charge in [-0.3, -0.25) is 0 Å². The van der Waals surface area contributed by atoms with Crippen molar-refractivity contribution in [3.05, 3.63) is 12.2 Å². The van der Waals surface area contributed by atoms with Gasteiger partial charge in [0.25, 0.3) is 0 Å². The van der Waals surface area contributed by atoms with Crippen molar-refractivity contribution in [2.45, 2.75) is 44.7 Å². The Labute approximate surface area is 84.7 Å². The molecule has 1 saturated heterocycles. The molecule has 2 fully saturated rings. The van der Waals surface area contributed by atoms with Crippen LogP contribution in [0.3, 0.4) is 0 Å². The van der Waals surface area contributed by atoms with E-state index < -0.39 is 5.79 Å². The number of rotatable bonds is 2. The summed E-state index contributed by atoms with van der Waals surface area (Å²) in [4.78, 5) is 0. The lowest BCUT2D eigenvalue weighted by Gasteiger charge is -2.19. The van der Waals surface area contributed by atoms with E-state index in [1.54, 1.807) is 6.08 Å². The maximum Gasteiger partial charge on any atom is 0.163 e. The van der Waals surface area contributed by atoms with Crippen LogP contribution in [0.5, 0.6) is 0 Å². The monoisotopic (exact) mass is 198 g/mol. The van der Waals surface area contributed by atoms with E-state index in [-0.39, 0.29) is 18.8 Å². The van der Waals surface area contributed by atoms with E-state index in [0.717, 1.165) is 12.8 Å². The molecule has 3 heteroatoms. The van der Waals surface area contributed by atoms with Crippen LogP contribution in [0.1, 0.15) is 26.7 Å². The normalized spacial score (nSPS) is 40.6. The van der Waals surface area contributed by atoms with Crippen molar-refractivity contribution in [2.24, 2.45) is 5.92 Å². The maximum absolute atomic E-state index is 8.66. The molecule has 1 N–H and O–H groups in total. The molecule has 14 heavy (non-hydrogen) atoms. The molecule has 2 aliphatic rings. The molecule has 0 bridgehead atoms. The quantitative estimate of drug-likeness (QED) is 0.683. The molecule has 0 aromatic rings. The summed E-state index contributed by atoms with van der Waals surface area (Å²) in [5.74, 6) is 0.106. The molecule has 1 aliphatic carbocycles. The number of fused-ring (bicyclic) bond motifs is 1. The minimum Gasteiger partial charge on any atom is -0.392 e. The van der Waals surface area contributed by atoms with E-state index in [4.69, 9.17) is 14.6 Å². The van der Waals surface area contributed by atoms with Gasteiger partial charge >= 0.3 is 0 Å². The number of ether oxygens (including phenoxy) is 2. The van der Waals surface area contributed by atoms with Gasteiger partial charge in [-0.05, 0) is 32.6 Å². The zero-order chi connectivity index (χ0) is 10.2. The molecule has 0 radical (unpaired) electrons. The van der Waals surface area contributed by atoms with Crippen molar-refractivity contribution < 1.29 is 14.6 Å². The van der Waals surface area contributed by atoms with Gasteiger partial charge < -0.3 is 14.6 Å². The molecule has 80 valence electrons. The highest BCUT2D eigenvalue weighted by atomic mass is 16.8. The minimum atomic E-state index is -0.402. The number of aliphatic hydroxyl groups excluding tert-OH is 1. The Hall–Kier alpha value is -0.380. The van der Waals surface area contributed by atoms with Gasteiger partial charge in [0.2, 0.25) is 0 Å². The zero-order valence-corrected chi connectivity index (χ0v) is 8.77. The topological polar surface area (TPSA) is 38.7 Å². The van der Waals surface area contributed by atoms with E-state index in [0.29, 0.717) is 5.92 Å². The van der Waals surface area contributed by atoms with Gasteiger partial charge in [0.1, 0.15) is 0 Å². The highest BCUT2D eigenvalue weighted by Gasteiger charge is 2.46. The van der Waals surface area contributed by atoms with Crippen LogP contribution in [0.15, 0.2) is 12.2 Å². The molecular formula is C11H18O3. The average molecular weight is 198 g/mol. The Morgan fingerprint density at radius 1 is 1.29 bits per heavy atom. The summed E-state index contributed by atoms with van der Waals surface area (Å²) in [7, 11) is 0. The number of allylic oxidation sites excluding steroid dienone is 1. The minimum absolute atomic E-state index is 0.124. The zero-order valence-electron chi connectivity index (χ0n) is 8.77. The fourth-order valence-corrected chi connectivity index (χ4v) is 2.41. The Kier molecular flexibility index (Phi) is 2.64. The first-order valence-corrected chi connectivity index (χ1v) is 5.24. The molecule has 0 aromatic heterocycles. The lowest BCUT2D eigenvalue weighted by atomic mass is 10.1. The average Bonchev–Trinajstić information content (AvgIpc) is 2.53. The summed E-state index contributed by atoms with van der Waals surface area (Å²) in [6.45, 7) is 4.05. The Morgan fingerprint density at radius 2 is 1.86 bits per heavy atom. The Morgan fingerprint density at radius 3 is 2.36 bits per heavy atom. The fourth-order valence-electron chi connectivity index (χ4n) is 2.41. The third-order valence-corrected chi connectivity index (χ3v) is 2.87. The smallest absolute Gasteiger partial charge is 0.163 e. The van der Waals surface area contributed by atoms with Crippen molar-refractivity contribution >= 4 is 0 Å². The Balaban J connectivity index is 1.90. The predicted molar refractivity (Wildman–Crippen MR) is 52.8 cm³/mol. The molecule has 0 spiro atoms. The van der Waals surface area contributed by atoms with Crippen LogP contribution in [0.25, 0.3) is 0 Å². The van der Waals surface area contributed by atoms with Gasteiger partial charge in [-0.15, -0.1) is 0 Å². The van der Waals surface area contributed by atoms with Gasteiger partial charge in [-0.2, -0.15) is 0 Å². The summed E-state index contributed by atoms with van der Waals surface area (Å²) in [5.41, 5.74) is 0. The van der Waals surface area contributed by atoms with Crippen LogP contribution >= 0.6 is 0 Å². The second-order valence-electron chi connectivity index (χ2n) is 4.55. The highest BCUT2D eigenvalue weighted by molar-refractivity contribution is 4.99. The number of aliphatic hydroxyl groups is 1. The summed E-state index contributed by atoms with van der Waals surface area (Å²) < 4.78 is 11.5. The van der Waals surface area contributed by atoms with Crippen LogP contribution in [-0.4, -0.2) is 29.7 Å². The third-order valence-electron chi connectivity index (χ3n) is 2.87. The van der Waals surface area contributed by atoms with Gasteiger partial charge in [0.15, 0.2) is 5.79 Å². The molecule has 0 aromatic carbocycles. The maximum atomic E-state index is 8.66. The number of hydrogen-bond acceptors (Lipinski definition) is 3. The van der Waals surface area contributed by atoms with Crippen molar-refractivity contribution in [3.63, 3.8) is 0 Å². The molecule has 1 heterocycles. The first-order valence-electron chi connectivity index (χ1n) is 5.24. The highest BCUT2D eigenvalue weighted by Crippen LogP contribution is 2.41. The SMILES string of the molecule is CC1(C)O[C@H]2CC(/C=C/CO)C[C@H]2O1. The molecule has 1 saturated carbocycles. The van der Waals surface area contributed by atoms with Crippen molar-refractivity contribution in [1.82, 2.24) is 0 Å². The summed E-state index contributed by atoms with van der Waals surface area (Å²) >= 11 is 0. The lowest BCUT2D eigenvalue weighted by Crippen LogP contribution is -2.22. The lowest BCUT2D eigenvalue weighted by molar-refractivity contribution is -0.152. The molecule has 1 aliphatic heterocycles. The molecule has 0 amide bonds. The second-order valence-corrected chi connectivity index (χ2v) is 4.55. The molecular weight excluding hydrogens is 180 g/mol. The molecule has 1 unspecified atom stereocenters. The molecule has 3 nitrogen and oxygen atoms in total. The number of hydrogen-bond donors (Lipinski definition) is 1. The van der Waals surface area contributed by atoms with E-state index in [1.165, 1.54) is 0 Å². The standard InChI is InChI=1S/C11H18O3/c1-11(2)13-9-6-8(4-3-5-12)7-10(9)14-11/h3-4,8-10,12H,5-7H2,1-2H3/b4-3+/t8?,9-,10+. The summed E-state index contributed by atoms with van der Waals surface area (Å²) in [6.07, 6.45) is 6.40. The fraction of sp³-hybridized carbons (Fsp3) is 0.818. The van der Waals surface area contributed by atoms with Gasteiger partial charge in [-0.25, -0.2) is 0 Å². The first kappa shape index (κ1) is 10.1. The van der Waals surface area contributed by atoms with E-state index in [9.17, 15) is 0 Å². The van der Waals surface area contributed by atoms with Crippen LogP contribution in [0.4, 0.5) is 0 Å². The molecule has 2 rings (SSSR count). The van der Waals surface area contributed by atoms with Crippen molar-refractivity contribution in [3.8, 4) is 0 Å². The van der Waals surface area contributed by atoms with E-state index in [2.05, 4.69) is 6.08 Å². The van der Waals surface area contributed by atoms with E-state index in [1.807, 2.05) is 13.8 Å². The summed E-state index contributed by atoms with van der Waals surface area (Å²) in [5, 5.41) is 8.66. The second kappa shape index (κ2) is 3.65.